The molecule has 0 aliphatic heterocycles. The fraction of sp³-hybridized carbons (Fsp3) is 0.583. The lowest BCUT2D eigenvalue weighted by Crippen LogP contribution is -2.29. The van der Waals surface area contributed by atoms with E-state index in [2.05, 4.69) is 9.97 Å². The molecular formula is C12H18N4O2S2. The van der Waals surface area contributed by atoms with E-state index >= 15 is 0 Å². The van der Waals surface area contributed by atoms with Crippen molar-refractivity contribution in [1.29, 1.82) is 0 Å². The van der Waals surface area contributed by atoms with Gasteiger partial charge < -0.3 is 4.90 Å². The summed E-state index contributed by atoms with van der Waals surface area (Å²) in [6.07, 6.45) is 1.55. The molecule has 1 unspecified atom stereocenters. The number of thiazole rings is 1. The standard InChI is InChI=1S/C12H18N4O2S2/c1-7(2)16-8(6-15(3)4)13-10-9(11(16)17)14-12(19-10)20(5)18/h7H,6H2,1-5H3. The lowest BCUT2D eigenvalue weighted by molar-refractivity contribution is 0.369. The van der Waals surface area contributed by atoms with Crippen LogP contribution in [0, 0.1) is 0 Å². The maximum Gasteiger partial charge on any atom is 0.281 e. The van der Waals surface area contributed by atoms with Crippen molar-refractivity contribution in [3.8, 4) is 0 Å². The maximum atomic E-state index is 12.6. The Morgan fingerprint density at radius 2 is 2.00 bits per heavy atom. The Kier molecular flexibility index (Phi) is 4.36. The predicted octanol–water partition coefficient (Wildman–Crippen LogP) is 1.23. The van der Waals surface area contributed by atoms with Gasteiger partial charge in [0.05, 0.1) is 17.3 Å². The lowest BCUT2D eigenvalue weighted by atomic mass is 10.3. The summed E-state index contributed by atoms with van der Waals surface area (Å²) in [5.74, 6) is 0.708. The van der Waals surface area contributed by atoms with Crippen molar-refractivity contribution in [3.05, 3.63) is 16.2 Å². The van der Waals surface area contributed by atoms with E-state index in [1.54, 1.807) is 10.8 Å². The van der Waals surface area contributed by atoms with Crippen LogP contribution in [-0.4, -0.2) is 44.0 Å². The normalized spacial score (nSPS) is 13.6. The molecule has 6 nitrogen and oxygen atoms in total. The summed E-state index contributed by atoms with van der Waals surface area (Å²) in [7, 11) is 2.67. The molecule has 20 heavy (non-hydrogen) atoms. The van der Waals surface area contributed by atoms with Crippen LogP contribution in [0.1, 0.15) is 25.7 Å². The number of hydrogen-bond acceptors (Lipinski definition) is 6. The Morgan fingerprint density at radius 3 is 2.50 bits per heavy atom. The van der Waals surface area contributed by atoms with Gasteiger partial charge in [0.15, 0.2) is 14.7 Å². The van der Waals surface area contributed by atoms with Gasteiger partial charge >= 0.3 is 0 Å². The van der Waals surface area contributed by atoms with Crippen LogP contribution in [0.15, 0.2) is 9.13 Å². The highest BCUT2D eigenvalue weighted by Crippen LogP contribution is 2.21. The molecule has 0 amide bonds. The van der Waals surface area contributed by atoms with Gasteiger partial charge in [-0.1, -0.05) is 11.3 Å². The van der Waals surface area contributed by atoms with Crippen LogP contribution in [0.5, 0.6) is 0 Å². The number of nitrogens with zero attached hydrogens (tertiary/aromatic N) is 4. The first kappa shape index (κ1) is 15.3. The van der Waals surface area contributed by atoms with Crippen molar-refractivity contribution >= 4 is 32.5 Å². The van der Waals surface area contributed by atoms with Gasteiger partial charge in [-0.25, -0.2) is 9.97 Å². The zero-order chi connectivity index (χ0) is 15.0. The Hall–Kier alpha value is -1.12. The highest BCUT2D eigenvalue weighted by Gasteiger charge is 2.18. The highest BCUT2D eigenvalue weighted by atomic mass is 32.2. The van der Waals surface area contributed by atoms with E-state index < -0.39 is 10.8 Å². The molecule has 0 aliphatic carbocycles. The third kappa shape index (κ3) is 2.82. The van der Waals surface area contributed by atoms with E-state index in [9.17, 15) is 9.00 Å². The van der Waals surface area contributed by atoms with Crippen LogP contribution in [0.2, 0.25) is 0 Å². The van der Waals surface area contributed by atoms with Crippen molar-refractivity contribution in [2.75, 3.05) is 20.4 Å². The second kappa shape index (κ2) is 5.71. The summed E-state index contributed by atoms with van der Waals surface area (Å²) >= 11 is 1.23. The van der Waals surface area contributed by atoms with Gasteiger partial charge in [-0.05, 0) is 27.9 Å². The van der Waals surface area contributed by atoms with E-state index in [0.29, 0.717) is 27.1 Å². The van der Waals surface area contributed by atoms with Gasteiger partial charge in [0.25, 0.3) is 5.56 Å². The molecular weight excluding hydrogens is 296 g/mol. The third-order valence-electron chi connectivity index (χ3n) is 2.74. The molecule has 2 aromatic rings. The molecule has 0 saturated heterocycles. The Morgan fingerprint density at radius 1 is 1.35 bits per heavy atom. The smallest absolute Gasteiger partial charge is 0.281 e. The predicted molar refractivity (Wildman–Crippen MR) is 81.8 cm³/mol. The van der Waals surface area contributed by atoms with Gasteiger partial charge in [0, 0.05) is 12.3 Å². The molecule has 0 N–H and O–H groups in total. The first-order chi connectivity index (χ1) is 9.31. The minimum Gasteiger partial charge on any atom is -0.302 e. The first-order valence-corrected chi connectivity index (χ1v) is 8.58. The number of fused-ring (bicyclic) bond motifs is 1. The maximum absolute atomic E-state index is 12.6. The monoisotopic (exact) mass is 314 g/mol. The fourth-order valence-electron chi connectivity index (χ4n) is 1.96. The minimum atomic E-state index is -1.20. The topological polar surface area (TPSA) is 68.1 Å². The molecule has 2 rings (SSSR count). The molecule has 110 valence electrons. The lowest BCUT2D eigenvalue weighted by Gasteiger charge is -2.17. The quantitative estimate of drug-likeness (QED) is 0.849. The molecule has 8 heteroatoms. The Labute approximate surface area is 123 Å². The second-order valence-electron chi connectivity index (χ2n) is 5.12. The van der Waals surface area contributed by atoms with Crippen LogP contribution in [0.4, 0.5) is 0 Å². The van der Waals surface area contributed by atoms with Crippen molar-refractivity contribution in [3.63, 3.8) is 0 Å². The summed E-state index contributed by atoms with van der Waals surface area (Å²) in [5, 5.41) is 0. The van der Waals surface area contributed by atoms with E-state index in [-0.39, 0.29) is 11.6 Å². The van der Waals surface area contributed by atoms with Crippen LogP contribution in [0.3, 0.4) is 0 Å². The van der Waals surface area contributed by atoms with Crippen molar-refractivity contribution in [2.24, 2.45) is 0 Å². The van der Waals surface area contributed by atoms with Crippen molar-refractivity contribution in [1.82, 2.24) is 19.4 Å². The molecule has 0 spiro atoms. The van der Waals surface area contributed by atoms with Crippen molar-refractivity contribution < 1.29 is 4.21 Å². The summed E-state index contributed by atoms with van der Waals surface area (Å²) in [6, 6.07) is 0.00613. The Balaban J connectivity index is 2.75. The van der Waals surface area contributed by atoms with E-state index in [0.717, 1.165) is 0 Å². The molecule has 2 heterocycles. The zero-order valence-electron chi connectivity index (χ0n) is 12.2. The summed E-state index contributed by atoms with van der Waals surface area (Å²) in [5.41, 5.74) is 0.159. The van der Waals surface area contributed by atoms with Crippen LogP contribution < -0.4 is 5.56 Å². The van der Waals surface area contributed by atoms with Crippen molar-refractivity contribution in [2.45, 2.75) is 30.8 Å². The van der Waals surface area contributed by atoms with Gasteiger partial charge in [0.2, 0.25) is 0 Å². The Bertz CT molecular complexity index is 718. The summed E-state index contributed by atoms with van der Waals surface area (Å²) in [6.45, 7) is 4.46. The summed E-state index contributed by atoms with van der Waals surface area (Å²) < 4.78 is 13.6. The first-order valence-electron chi connectivity index (χ1n) is 6.21. The molecule has 0 saturated carbocycles. The van der Waals surface area contributed by atoms with Gasteiger partial charge in [-0.3, -0.25) is 13.6 Å². The number of rotatable bonds is 4. The molecule has 0 fully saturated rings. The summed E-state index contributed by atoms with van der Waals surface area (Å²) in [4.78, 5) is 23.8. The molecule has 0 aromatic carbocycles. The number of hydrogen-bond donors (Lipinski definition) is 0. The molecule has 2 aromatic heterocycles. The van der Waals surface area contributed by atoms with Gasteiger partial charge in [-0.2, -0.15) is 0 Å². The SMILES string of the molecule is CC(C)n1c(CN(C)C)nc2sc(S(C)=O)nc2c1=O. The van der Waals surface area contributed by atoms with Crippen LogP contribution in [0.25, 0.3) is 10.3 Å². The van der Waals surface area contributed by atoms with Crippen LogP contribution >= 0.6 is 11.3 Å². The zero-order valence-corrected chi connectivity index (χ0v) is 13.8. The average molecular weight is 314 g/mol. The molecule has 1 atom stereocenters. The molecule has 0 aliphatic rings. The number of aromatic nitrogens is 3. The molecule has 0 radical (unpaired) electrons. The van der Waals surface area contributed by atoms with Gasteiger partial charge in [0.1, 0.15) is 5.82 Å². The average Bonchev–Trinajstić information content (AvgIpc) is 2.71. The minimum absolute atomic E-state index is 0.00613. The van der Waals surface area contributed by atoms with Gasteiger partial charge in [-0.15, -0.1) is 0 Å². The molecule has 0 bridgehead atoms. The van der Waals surface area contributed by atoms with E-state index in [1.165, 1.54) is 11.3 Å². The third-order valence-corrected chi connectivity index (χ3v) is 5.02. The fourth-order valence-corrected chi connectivity index (χ4v) is 3.57. The van der Waals surface area contributed by atoms with E-state index in [1.807, 2.05) is 32.8 Å². The van der Waals surface area contributed by atoms with E-state index in [4.69, 9.17) is 0 Å². The highest BCUT2D eigenvalue weighted by molar-refractivity contribution is 7.86. The van der Waals surface area contributed by atoms with Crippen LogP contribution in [-0.2, 0) is 17.3 Å². The largest absolute Gasteiger partial charge is 0.302 e. The second-order valence-corrected chi connectivity index (χ2v) is 7.65.